The number of rotatable bonds is 5. The van der Waals surface area contributed by atoms with Gasteiger partial charge in [0.05, 0.1) is 0 Å². The molecule has 1 N–H and O–H groups in total. The number of benzene rings is 1. The third kappa shape index (κ3) is 3.42. The Morgan fingerprint density at radius 1 is 1.29 bits per heavy atom. The predicted octanol–water partition coefficient (Wildman–Crippen LogP) is 1.29. The Labute approximate surface area is 125 Å². The summed E-state index contributed by atoms with van der Waals surface area (Å²) in [7, 11) is 1.64. The lowest BCUT2D eigenvalue weighted by Gasteiger charge is -2.32. The van der Waals surface area contributed by atoms with Crippen molar-refractivity contribution in [3.05, 3.63) is 35.9 Å². The number of ether oxygens (including phenoxy) is 1. The number of nitrogens with one attached hydrogen (secondary N) is 1. The van der Waals surface area contributed by atoms with Gasteiger partial charge in [0.25, 0.3) is 5.91 Å². The van der Waals surface area contributed by atoms with Gasteiger partial charge in [-0.3, -0.25) is 9.59 Å². The van der Waals surface area contributed by atoms with Crippen molar-refractivity contribution < 1.29 is 14.3 Å². The first kappa shape index (κ1) is 15.5. The second-order valence-electron chi connectivity index (χ2n) is 5.43. The zero-order chi connectivity index (χ0) is 15.3. The first-order valence-electron chi connectivity index (χ1n) is 7.23. The van der Waals surface area contributed by atoms with Gasteiger partial charge >= 0.3 is 0 Å². The quantitative estimate of drug-likeness (QED) is 0.831. The van der Waals surface area contributed by atoms with E-state index in [4.69, 9.17) is 4.74 Å². The van der Waals surface area contributed by atoms with Crippen molar-refractivity contribution in [3.8, 4) is 0 Å². The van der Waals surface area contributed by atoms with Crippen LogP contribution in [0.4, 0.5) is 0 Å². The van der Waals surface area contributed by atoms with Crippen LogP contribution in [-0.4, -0.2) is 43.5 Å². The molecule has 1 fully saturated rings. The van der Waals surface area contributed by atoms with Crippen LogP contribution in [0.2, 0.25) is 0 Å². The molecule has 1 heterocycles. The molecule has 1 aliphatic heterocycles. The summed E-state index contributed by atoms with van der Waals surface area (Å²) >= 11 is 0. The zero-order valence-electron chi connectivity index (χ0n) is 12.6. The molecule has 1 aromatic carbocycles. The Morgan fingerprint density at radius 3 is 2.67 bits per heavy atom. The van der Waals surface area contributed by atoms with Crippen molar-refractivity contribution in [2.45, 2.75) is 25.3 Å². The molecule has 1 aromatic rings. The minimum Gasteiger partial charge on any atom is -0.385 e. The lowest BCUT2D eigenvalue weighted by Crippen LogP contribution is -2.52. The molecule has 0 aliphatic carbocycles. The topological polar surface area (TPSA) is 58.6 Å². The van der Waals surface area contributed by atoms with E-state index in [-0.39, 0.29) is 11.8 Å². The highest BCUT2D eigenvalue weighted by atomic mass is 16.5. The first-order chi connectivity index (χ1) is 10.1. The molecule has 1 unspecified atom stereocenters. The minimum atomic E-state index is -0.998. The Morgan fingerprint density at radius 2 is 2.00 bits per heavy atom. The molecule has 2 rings (SSSR count). The standard InChI is InChI=1S/C16H22N2O3/c1-16(13-7-4-3-5-8-13)15(20)18(10-6-12-21-2)11-9-14(19)17-16/h3-5,7-8H,6,9-12H2,1-2H3,(H,17,19). The van der Waals surface area contributed by atoms with Crippen molar-refractivity contribution in [2.75, 3.05) is 26.8 Å². The maximum atomic E-state index is 12.9. The van der Waals surface area contributed by atoms with Crippen molar-refractivity contribution in [1.29, 1.82) is 0 Å². The largest absolute Gasteiger partial charge is 0.385 e. The third-order valence-electron chi connectivity index (χ3n) is 3.84. The van der Waals surface area contributed by atoms with Crippen LogP contribution in [0.3, 0.4) is 0 Å². The summed E-state index contributed by atoms with van der Waals surface area (Å²) in [4.78, 5) is 26.6. The van der Waals surface area contributed by atoms with Crippen molar-refractivity contribution >= 4 is 11.8 Å². The normalized spacial score (nSPS) is 22.9. The van der Waals surface area contributed by atoms with Crippen LogP contribution in [0.15, 0.2) is 30.3 Å². The molecule has 0 aromatic heterocycles. The van der Waals surface area contributed by atoms with Gasteiger partial charge in [-0.05, 0) is 18.9 Å². The van der Waals surface area contributed by atoms with Gasteiger partial charge in [-0.15, -0.1) is 0 Å². The molecule has 0 saturated carbocycles. The van der Waals surface area contributed by atoms with E-state index in [1.807, 2.05) is 30.3 Å². The van der Waals surface area contributed by atoms with Gasteiger partial charge < -0.3 is 15.0 Å². The average molecular weight is 290 g/mol. The SMILES string of the molecule is COCCCN1CCC(=O)NC(C)(c2ccccc2)C1=O. The maximum absolute atomic E-state index is 12.9. The number of nitrogens with zero attached hydrogens (tertiary/aromatic N) is 1. The summed E-state index contributed by atoms with van der Waals surface area (Å²) in [5, 5.41) is 2.88. The smallest absolute Gasteiger partial charge is 0.252 e. The van der Waals surface area contributed by atoms with Crippen LogP contribution >= 0.6 is 0 Å². The van der Waals surface area contributed by atoms with E-state index in [1.54, 1.807) is 18.9 Å². The molecule has 5 heteroatoms. The van der Waals surface area contributed by atoms with Gasteiger partial charge in [-0.2, -0.15) is 0 Å². The summed E-state index contributed by atoms with van der Waals surface area (Å²) < 4.78 is 5.04. The van der Waals surface area contributed by atoms with Gasteiger partial charge in [0, 0.05) is 33.2 Å². The lowest BCUT2D eigenvalue weighted by molar-refractivity contribution is -0.138. The van der Waals surface area contributed by atoms with E-state index in [1.165, 1.54) is 0 Å². The van der Waals surface area contributed by atoms with Crippen LogP contribution in [0.1, 0.15) is 25.3 Å². The third-order valence-corrected chi connectivity index (χ3v) is 3.84. The van der Waals surface area contributed by atoms with E-state index in [0.29, 0.717) is 26.1 Å². The fourth-order valence-corrected chi connectivity index (χ4v) is 2.63. The lowest BCUT2D eigenvalue weighted by atomic mass is 9.90. The van der Waals surface area contributed by atoms with Crippen molar-refractivity contribution in [3.63, 3.8) is 0 Å². The highest BCUT2D eigenvalue weighted by Gasteiger charge is 2.41. The van der Waals surface area contributed by atoms with Crippen LogP contribution < -0.4 is 5.32 Å². The fourth-order valence-electron chi connectivity index (χ4n) is 2.63. The molecule has 1 atom stereocenters. The number of carbonyl (C=O) groups is 2. The molecule has 5 nitrogen and oxygen atoms in total. The molecule has 114 valence electrons. The highest BCUT2D eigenvalue weighted by Crippen LogP contribution is 2.25. The van der Waals surface area contributed by atoms with Crippen molar-refractivity contribution in [1.82, 2.24) is 10.2 Å². The summed E-state index contributed by atoms with van der Waals surface area (Å²) in [6.07, 6.45) is 1.10. The molecule has 21 heavy (non-hydrogen) atoms. The molecule has 0 spiro atoms. The molecular formula is C16H22N2O3. The van der Waals surface area contributed by atoms with Gasteiger partial charge in [-0.1, -0.05) is 30.3 Å². The first-order valence-corrected chi connectivity index (χ1v) is 7.23. The minimum absolute atomic E-state index is 0.0596. The number of hydrogen-bond acceptors (Lipinski definition) is 3. The fraction of sp³-hybridized carbons (Fsp3) is 0.500. The number of amides is 2. The Hall–Kier alpha value is -1.88. The van der Waals surface area contributed by atoms with Crippen LogP contribution in [0.5, 0.6) is 0 Å². The van der Waals surface area contributed by atoms with Crippen LogP contribution in [0.25, 0.3) is 0 Å². The van der Waals surface area contributed by atoms with Crippen LogP contribution in [0, 0.1) is 0 Å². The maximum Gasteiger partial charge on any atom is 0.252 e. The Bertz CT molecular complexity index is 504. The highest BCUT2D eigenvalue weighted by molar-refractivity contribution is 5.94. The van der Waals surface area contributed by atoms with Crippen molar-refractivity contribution in [2.24, 2.45) is 0 Å². The number of methoxy groups -OCH3 is 1. The molecule has 1 saturated heterocycles. The molecule has 1 aliphatic rings. The molecular weight excluding hydrogens is 268 g/mol. The second kappa shape index (κ2) is 6.72. The van der Waals surface area contributed by atoms with Crippen LogP contribution in [-0.2, 0) is 19.9 Å². The number of hydrogen-bond donors (Lipinski definition) is 1. The molecule has 2 amide bonds. The van der Waals surface area contributed by atoms with Gasteiger partial charge in [0.1, 0.15) is 5.54 Å². The summed E-state index contributed by atoms with van der Waals surface area (Å²) in [5.74, 6) is -0.153. The molecule has 0 radical (unpaired) electrons. The monoisotopic (exact) mass is 290 g/mol. The summed E-state index contributed by atoms with van der Waals surface area (Å²) in [5.41, 5.74) is -0.191. The Balaban J connectivity index is 2.25. The van der Waals surface area contributed by atoms with Gasteiger partial charge in [-0.25, -0.2) is 0 Å². The van der Waals surface area contributed by atoms with E-state index in [0.717, 1.165) is 12.0 Å². The van der Waals surface area contributed by atoms with E-state index >= 15 is 0 Å². The van der Waals surface area contributed by atoms with Gasteiger partial charge in [0.15, 0.2) is 0 Å². The summed E-state index contributed by atoms with van der Waals surface area (Å²) in [6, 6.07) is 9.39. The van der Waals surface area contributed by atoms with E-state index < -0.39 is 5.54 Å². The average Bonchev–Trinajstić information content (AvgIpc) is 2.60. The second-order valence-corrected chi connectivity index (χ2v) is 5.43. The Kier molecular flexibility index (Phi) is 4.96. The predicted molar refractivity (Wildman–Crippen MR) is 79.6 cm³/mol. The molecule has 0 bridgehead atoms. The summed E-state index contributed by atoms with van der Waals surface area (Å²) in [6.45, 7) is 3.44. The van der Waals surface area contributed by atoms with Gasteiger partial charge in [0.2, 0.25) is 5.91 Å². The van der Waals surface area contributed by atoms with E-state index in [9.17, 15) is 9.59 Å². The van der Waals surface area contributed by atoms with E-state index in [2.05, 4.69) is 5.32 Å². The zero-order valence-corrected chi connectivity index (χ0v) is 12.6. The number of carbonyl (C=O) groups excluding carboxylic acids is 2.